The van der Waals surface area contributed by atoms with Crippen LogP contribution in [0.5, 0.6) is 0 Å². The average molecular weight is 306 g/mol. The van der Waals surface area contributed by atoms with Gasteiger partial charge in [0.25, 0.3) is 0 Å². The van der Waals surface area contributed by atoms with Crippen LogP contribution >= 0.6 is 0 Å². The molecule has 1 aliphatic heterocycles. The molecular formula is C17H20F2N2O. The fraction of sp³-hybridized carbons (Fsp3) is 0.588. The maximum absolute atomic E-state index is 13.4. The molecule has 4 atom stereocenters. The Kier molecular flexibility index (Phi) is 4.70. The third kappa shape index (κ3) is 3.29. The molecule has 1 aromatic carbocycles. The quantitative estimate of drug-likeness (QED) is 0.930. The van der Waals surface area contributed by atoms with Gasteiger partial charge in [-0.1, -0.05) is 12.5 Å². The van der Waals surface area contributed by atoms with Crippen LogP contribution in [0.2, 0.25) is 0 Å². The summed E-state index contributed by atoms with van der Waals surface area (Å²) < 4.78 is 32.2. The van der Waals surface area contributed by atoms with Crippen molar-refractivity contribution in [1.29, 1.82) is 5.26 Å². The van der Waals surface area contributed by atoms with Crippen LogP contribution in [0.1, 0.15) is 43.8 Å². The van der Waals surface area contributed by atoms with E-state index in [-0.39, 0.29) is 18.1 Å². The summed E-state index contributed by atoms with van der Waals surface area (Å²) in [5.41, 5.74) is 0.668. The zero-order chi connectivity index (χ0) is 15.5. The van der Waals surface area contributed by atoms with E-state index in [9.17, 15) is 8.78 Å². The van der Waals surface area contributed by atoms with Gasteiger partial charge in [0.15, 0.2) is 11.6 Å². The molecule has 2 unspecified atom stereocenters. The van der Waals surface area contributed by atoms with E-state index >= 15 is 0 Å². The predicted molar refractivity (Wildman–Crippen MR) is 78.0 cm³/mol. The van der Waals surface area contributed by atoms with Crippen LogP contribution in [0.4, 0.5) is 8.78 Å². The zero-order valence-electron chi connectivity index (χ0n) is 12.4. The number of rotatable bonds is 3. The van der Waals surface area contributed by atoms with E-state index in [0.29, 0.717) is 18.2 Å². The molecule has 118 valence electrons. The number of benzene rings is 1. The minimum absolute atomic E-state index is 0.0901. The molecular weight excluding hydrogens is 286 g/mol. The second-order valence-corrected chi connectivity index (χ2v) is 6.22. The topological polar surface area (TPSA) is 45.0 Å². The summed E-state index contributed by atoms with van der Waals surface area (Å²) in [7, 11) is 0. The van der Waals surface area contributed by atoms with Crippen molar-refractivity contribution in [3.63, 3.8) is 0 Å². The molecule has 2 fully saturated rings. The Morgan fingerprint density at radius 3 is 2.82 bits per heavy atom. The van der Waals surface area contributed by atoms with Crippen LogP contribution in [0.3, 0.4) is 0 Å². The lowest BCUT2D eigenvalue weighted by atomic mass is 9.86. The smallest absolute Gasteiger partial charge is 0.159 e. The molecule has 1 N–H and O–H groups in total. The Labute approximate surface area is 129 Å². The molecule has 0 spiro atoms. The Balaban J connectivity index is 1.68. The van der Waals surface area contributed by atoms with Crippen molar-refractivity contribution in [1.82, 2.24) is 5.32 Å². The average Bonchev–Trinajstić information content (AvgIpc) is 2.98. The first-order chi connectivity index (χ1) is 10.7. The highest BCUT2D eigenvalue weighted by Gasteiger charge is 2.33. The van der Waals surface area contributed by atoms with Gasteiger partial charge >= 0.3 is 0 Å². The molecule has 3 nitrogen and oxygen atoms in total. The van der Waals surface area contributed by atoms with Gasteiger partial charge in [-0.3, -0.25) is 0 Å². The summed E-state index contributed by atoms with van der Waals surface area (Å²) >= 11 is 0. The van der Waals surface area contributed by atoms with Gasteiger partial charge in [-0.2, -0.15) is 5.26 Å². The lowest BCUT2D eigenvalue weighted by Gasteiger charge is -2.30. The van der Waals surface area contributed by atoms with E-state index in [1.807, 2.05) is 0 Å². The molecule has 3 rings (SSSR count). The van der Waals surface area contributed by atoms with Gasteiger partial charge in [-0.25, -0.2) is 8.78 Å². The van der Waals surface area contributed by atoms with Gasteiger partial charge in [0, 0.05) is 24.6 Å². The Morgan fingerprint density at radius 1 is 1.18 bits per heavy atom. The van der Waals surface area contributed by atoms with Crippen LogP contribution in [0, 0.1) is 28.9 Å². The number of nitriles is 1. The second-order valence-electron chi connectivity index (χ2n) is 6.22. The van der Waals surface area contributed by atoms with Crippen LogP contribution in [0.15, 0.2) is 18.2 Å². The lowest BCUT2D eigenvalue weighted by Crippen LogP contribution is -2.42. The van der Waals surface area contributed by atoms with Crippen molar-refractivity contribution in [2.24, 2.45) is 5.92 Å². The van der Waals surface area contributed by atoms with E-state index in [1.165, 1.54) is 6.07 Å². The number of ether oxygens (including phenoxy) is 1. The Morgan fingerprint density at radius 2 is 2.05 bits per heavy atom. The summed E-state index contributed by atoms with van der Waals surface area (Å²) in [4.78, 5) is 0. The lowest BCUT2D eigenvalue weighted by molar-refractivity contribution is 0.0939. The molecule has 1 heterocycles. The minimum atomic E-state index is -0.839. The first-order valence-electron chi connectivity index (χ1n) is 7.89. The van der Waals surface area contributed by atoms with Crippen molar-refractivity contribution >= 4 is 0 Å². The Hall–Kier alpha value is -1.51. The maximum atomic E-state index is 13.4. The monoisotopic (exact) mass is 306 g/mol. The van der Waals surface area contributed by atoms with E-state index in [0.717, 1.165) is 38.2 Å². The fourth-order valence-corrected chi connectivity index (χ4v) is 3.54. The van der Waals surface area contributed by atoms with Gasteiger partial charge in [-0.05, 0) is 43.4 Å². The number of hydrogen-bond donors (Lipinski definition) is 1. The van der Waals surface area contributed by atoms with Gasteiger partial charge in [-0.15, -0.1) is 0 Å². The summed E-state index contributed by atoms with van der Waals surface area (Å²) in [5.74, 6) is -1.56. The summed E-state index contributed by atoms with van der Waals surface area (Å²) in [6, 6.07) is 6.70. The van der Waals surface area contributed by atoms with Crippen molar-refractivity contribution in [3.05, 3.63) is 35.4 Å². The van der Waals surface area contributed by atoms with Crippen LogP contribution in [-0.4, -0.2) is 18.7 Å². The number of nitrogens with one attached hydrogen (secondary N) is 1. The maximum Gasteiger partial charge on any atom is 0.159 e. The molecule has 22 heavy (non-hydrogen) atoms. The third-order valence-electron chi connectivity index (χ3n) is 4.67. The first-order valence-corrected chi connectivity index (χ1v) is 7.89. The van der Waals surface area contributed by atoms with Gasteiger partial charge in [0.2, 0.25) is 0 Å². The molecule has 5 heteroatoms. The van der Waals surface area contributed by atoms with Crippen molar-refractivity contribution in [2.45, 2.75) is 50.3 Å². The molecule has 0 radical (unpaired) electrons. The highest BCUT2D eigenvalue weighted by Crippen LogP contribution is 2.32. The van der Waals surface area contributed by atoms with Crippen LogP contribution in [0.25, 0.3) is 0 Å². The SMILES string of the molecule is N#CC1CCCC(N[C@@H]2CCO[C@H]2c2ccc(F)c(F)c2)C1. The van der Waals surface area contributed by atoms with E-state index in [1.54, 1.807) is 6.07 Å². The molecule has 2 aliphatic rings. The number of nitrogens with zero attached hydrogens (tertiary/aromatic N) is 1. The van der Waals surface area contributed by atoms with Gasteiger partial charge < -0.3 is 10.1 Å². The molecule has 0 amide bonds. The van der Waals surface area contributed by atoms with Crippen LogP contribution < -0.4 is 5.32 Å². The van der Waals surface area contributed by atoms with Crippen molar-refractivity contribution in [3.8, 4) is 6.07 Å². The van der Waals surface area contributed by atoms with Crippen LogP contribution in [-0.2, 0) is 4.74 Å². The highest BCUT2D eigenvalue weighted by atomic mass is 19.2. The van der Waals surface area contributed by atoms with Gasteiger partial charge in [0.05, 0.1) is 12.2 Å². The fourth-order valence-electron chi connectivity index (χ4n) is 3.54. The molecule has 1 aromatic rings. The summed E-state index contributed by atoms with van der Waals surface area (Å²) in [5, 5.41) is 12.6. The highest BCUT2D eigenvalue weighted by molar-refractivity contribution is 5.22. The van der Waals surface area contributed by atoms with E-state index in [2.05, 4.69) is 11.4 Å². The van der Waals surface area contributed by atoms with Gasteiger partial charge in [0.1, 0.15) is 0 Å². The minimum Gasteiger partial charge on any atom is -0.372 e. The molecule has 0 bridgehead atoms. The van der Waals surface area contributed by atoms with Crippen molar-refractivity contribution < 1.29 is 13.5 Å². The summed E-state index contributed by atoms with van der Waals surface area (Å²) in [6.45, 7) is 0.607. The normalized spacial score (nSPS) is 31.9. The first kappa shape index (κ1) is 15.4. The molecule has 0 aromatic heterocycles. The zero-order valence-corrected chi connectivity index (χ0v) is 12.4. The Bertz CT molecular complexity index is 572. The molecule has 1 saturated heterocycles. The second kappa shape index (κ2) is 6.72. The third-order valence-corrected chi connectivity index (χ3v) is 4.67. The molecule has 1 saturated carbocycles. The van der Waals surface area contributed by atoms with E-state index in [4.69, 9.17) is 10.00 Å². The number of halogens is 2. The summed E-state index contributed by atoms with van der Waals surface area (Å²) in [6.07, 6.45) is 4.54. The largest absolute Gasteiger partial charge is 0.372 e. The van der Waals surface area contributed by atoms with Crippen molar-refractivity contribution in [2.75, 3.05) is 6.61 Å². The number of hydrogen-bond acceptors (Lipinski definition) is 3. The standard InChI is InChI=1S/C17H20F2N2O/c18-14-5-4-12(9-15(14)19)17-16(6-7-22-17)21-13-3-1-2-11(8-13)10-20/h4-5,9,11,13,16-17,21H,1-3,6-8H2/t11?,13?,16-,17+/m1/s1. The predicted octanol–water partition coefficient (Wildman–Crippen LogP) is 3.47. The van der Waals surface area contributed by atoms with E-state index < -0.39 is 11.6 Å². The molecule has 1 aliphatic carbocycles.